The maximum atomic E-state index is 14.4. The van der Waals surface area contributed by atoms with Crippen molar-refractivity contribution in [2.45, 2.75) is 52.9 Å². The van der Waals surface area contributed by atoms with Crippen molar-refractivity contribution < 1.29 is 14.2 Å². The quantitative estimate of drug-likeness (QED) is 0.733. The molecule has 6 nitrogen and oxygen atoms in total. The van der Waals surface area contributed by atoms with Crippen molar-refractivity contribution in [1.29, 1.82) is 0 Å². The predicted octanol–water partition coefficient (Wildman–Crippen LogP) is 2.74. The summed E-state index contributed by atoms with van der Waals surface area (Å²) in [5.41, 5.74) is 4.28. The van der Waals surface area contributed by atoms with Crippen LogP contribution in [0.3, 0.4) is 0 Å². The number of ether oxygens (including phenoxy) is 1. The van der Waals surface area contributed by atoms with Crippen LogP contribution in [-0.2, 0) is 19.6 Å². The van der Waals surface area contributed by atoms with Gasteiger partial charge in [0.1, 0.15) is 11.6 Å². The number of hydrogen-bond donors (Lipinski definition) is 1. The first kappa shape index (κ1) is 21.7. The predicted molar refractivity (Wildman–Crippen MR) is 112 cm³/mol. The van der Waals surface area contributed by atoms with E-state index in [2.05, 4.69) is 40.4 Å². The third-order valence-corrected chi connectivity index (χ3v) is 6.00. The molecule has 1 unspecified atom stereocenters. The largest absolute Gasteiger partial charge is 0.497 e. The Morgan fingerprint density at radius 3 is 2.66 bits per heavy atom. The number of rotatable bonds is 8. The van der Waals surface area contributed by atoms with E-state index in [1.165, 1.54) is 17.3 Å². The Morgan fingerprint density at radius 2 is 2.03 bits per heavy atom. The average molecular weight is 405 g/mol. The summed E-state index contributed by atoms with van der Waals surface area (Å²) in [7, 11) is 1.54. The number of methoxy groups -OCH3 is 1. The molecule has 1 aromatic heterocycles. The van der Waals surface area contributed by atoms with Gasteiger partial charge in [0, 0.05) is 74.8 Å². The van der Waals surface area contributed by atoms with E-state index in [1.54, 1.807) is 19.2 Å². The molecule has 0 spiro atoms. The van der Waals surface area contributed by atoms with Gasteiger partial charge in [-0.25, -0.2) is 4.39 Å². The van der Waals surface area contributed by atoms with Crippen molar-refractivity contribution in [3.05, 3.63) is 46.5 Å². The monoisotopic (exact) mass is 404 g/mol. The van der Waals surface area contributed by atoms with Gasteiger partial charge in [-0.3, -0.25) is 14.5 Å². The van der Waals surface area contributed by atoms with Gasteiger partial charge in [-0.1, -0.05) is 6.07 Å². The van der Waals surface area contributed by atoms with Crippen LogP contribution in [0.15, 0.2) is 18.2 Å². The fourth-order valence-electron chi connectivity index (χ4n) is 4.23. The Balaban J connectivity index is 1.69. The van der Waals surface area contributed by atoms with E-state index in [9.17, 15) is 9.50 Å². The highest BCUT2D eigenvalue weighted by Gasteiger charge is 2.28. The van der Waals surface area contributed by atoms with Gasteiger partial charge < -0.3 is 9.84 Å². The molecule has 1 saturated heterocycles. The minimum absolute atomic E-state index is 0.131. The van der Waals surface area contributed by atoms with E-state index in [-0.39, 0.29) is 18.5 Å². The van der Waals surface area contributed by atoms with Crippen LogP contribution in [0.25, 0.3) is 0 Å². The zero-order valence-corrected chi connectivity index (χ0v) is 18.0. The Labute approximate surface area is 172 Å². The van der Waals surface area contributed by atoms with Crippen LogP contribution in [0.4, 0.5) is 4.39 Å². The Kier molecular flexibility index (Phi) is 7.27. The summed E-state index contributed by atoms with van der Waals surface area (Å²) in [6.07, 6.45) is 0.681. The Hall–Kier alpha value is -1.96. The fourth-order valence-corrected chi connectivity index (χ4v) is 4.23. The molecule has 0 amide bonds. The van der Waals surface area contributed by atoms with Crippen LogP contribution in [0.5, 0.6) is 5.75 Å². The summed E-state index contributed by atoms with van der Waals surface area (Å²) in [5, 5.41) is 14.2. The van der Waals surface area contributed by atoms with E-state index in [4.69, 9.17) is 4.74 Å². The molecule has 3 rings (SSSR count). The number of piperazine rings is 1. The first-order chi connectivity index (χ1) is 14.0. The van der Waals surface area contributed by atoms with Gasteiger partial charge >= 0.3 is 0 Å². The summed E-state index contributed by atoms with van der Waals surface area (Å²) in [6, 6.07) is 5.22. The van der Waals surface area contributed by atoms with E-state index >= 15 is 0 Å². The minimum atomic E-state index is -0.243. The molecule has 1 atom stereocenters. The van der Waals surface area contributed by atoms with Gasteiger partial charge in [-0.05, 0) is 33.3 Å². The van der Waals surface area contributed by atoms with Crippen LogP contribution in [0.1, 0.15) is 35.9 Å². The lowest BCUT2D eigenvalue weighted by Crippen LogP contribution is -2.52. The van der Waals surface area contributed by atoms with Crippen molar-refractivity contribution >= 4 is 0 Å². The third-order valence-electron chi connectivity index (χ3n) is 6.00. The van der Waals surface area contributed by atoms with Crippen LogP contribution in [0, 0.1) is 19.7 Å². The van der Waals surface area contributed by atoms with Gasteiger partial charge in [-0.15, -0.1) is 0 Å². The lowest BCUT2D eigenvalue weighted by atomic mass is 10.1. The number of aliphatic hydroxyl groups is 1. The van der Waals surface area contributed by atoms with Gasteiger partial charge in [0.25, 0.3) is 0 Å². The smallest absolute Gasteiger partial charge is 0.131 e. The molecule has 2 aromatic rings. The lowest BCUT2D eigenvalue weighted by molar-refractivity contribution is 0.0491. The van der Waals surface area contributed by atoms with E-state index in [0.717, 1.165) is 38.4 Å². The van der Waals surface area contributed by atoms with Gasteiger partial charge in [0.15, 0.2) is 0 Å². The number of halogens is 1. The average Bonchev–Trinajstić information content (AvgIpc) is 2.98. The molecule has 0 radical (unpaired) electrons. The van der Waals surface area contributed by atoms with E-state index < -0.39 is 0 Å². The molecule has 1 aliphatic rings. The molecular weight excluding hydrogens is 371 g/mol. The molecular formula is C22H33FN4O2. The van der Waals surface area contributed by atoms with Crippen LogP contribution in [0.2, 0.25) is 0 Å². The maximum Gasteiger partial charge on any atom is 0.131 e. The zero-order valence-electron chi connectivity index (χ0n) is 18.0. The highest BCUT2D eigenvalue weighted by molar-refractivity contribution is 5.29. The van der Waals surface area contributed by atoms with Crippen molar-refractivity contribution in [2.75, 3.05) is 33.4 Å². The lowest BCUT2D eigenvalue weighted by Gasteiger charge is -2.41. The molecule has 2 heterocycles. The highest BCUT2D eigenvalue weighted by atomic mass is 19.1. The SMILES string of the molecule is CCn1nc(C)c(CN2CCN(Cc3ccc(OC)cc3F)C(CCO)C2)c1C. The van der Waals surface area contributed by atoms with Crippen molar-refractivity contribution in [3.63, 3.8) is 0 Å². The second-order valence-electron chi connectivity index (χ2n) is 7.79. The van der Waals surface area contributed by atoms with Crippen LogP contribution < -0.4 is 4.74 Å². The third kappa shape index (κ3) is 4.97. The molecule has 0 saturated carbocycles. The molecule has 160 valence electrons. The summed E-state index contributed by atoms with van der Waals surface area (Å²) < 4.78 is 21.6. The molecule has 29 heavy (non-hydrogen) atoms. The fraction of sp³-hybridized carbons (Fsp3) is 0.591. The zero-order chi connectivity index (χ0) is 21.0. The van der Waals surface area contributed by atoms with E-state index in [1.807, 2.05) is 0 Å². The number of nitrogens with zero attached hydrogens (tertiary/aromatic N) is 4. The molecule has 1 N–H and O–H groups in total. The molecule has 7 heteroatoms. The van der Waals surface area contributed by atoms with Crippen LogP contribution in [-0.4, -0.2) is 64.1 Å². The standard InChI is InChI=1S/C22H33FN4O2/c1-5-27-17(3)21(16(2)24-27)15-25-9-10-26(19(14-25)8-11-28)13-18-6-7-20(29-4)12-22(18)23/h6-7,12,19,28H,5,8-11,13-15H2,1-4H3. The Morgan fingerprint density at radius 1 is 1.24 bits per heavy atom. The summed E-state index contributed by atoms with van der Waals surface area (Å²) in [5.74, 6) is 0.286. The van der Waals surface area contributed by atoms with Crippen LogP contribution >= 0.6 is 0 Å². The Bertz CT molecular complexity index is 823. The number of hydrogen-bond acceptors (Lipinski definition) is 5. The van der Waals surface area contributed by atoms with Crippen molar-refractivity contribution in [3.8, 4) is 5.75 Å². The molecule has 1 aliphatic heterocycles. The van der Waals surface area contributed by atoms with E-state index in [0.29, 0.717) is 24.3 Å². The number of aryl methyl sites for hydroxylation is 2. The highest BCUT2D eigenvalue weighted by Crippen LogP contribution is 2.23. The number of benzene rings is 1. The molecule has 0 aliphatic carbocycles. The number of aromatic nitrogens is 2. The second-order valence-corrected chi connectivity index (χ2v) is 7.79. The first-order valence-corrected chi connectivity index (χ1v) is 10.4. The topological polar surface area (TPSA) is 53.8 Å². The maximum absolute atomic E-state index is 14.4. The van der Waals surface area contributed by atoms with Gasteiger partial charge in [0.2, 0.25) is 0 Å². The summed E-state index contributed by atoms with van der Waals surface area (Å²) in [4.78, 5) is 4.71. The van der Waals surface area contributed by atoms with Gasteiger partial charge in [-0.2, -0.15) is 5.10 Å². The summed E-state index contributed by atoms with van der Waals surface area (Å²) >= 11 is 0. The molecule has 1 aromatic carbocycles. The van der Waals surface area contributed by atoms with Gasteiger partial charge in [0.05, 0.1) is 12.8 Å². The number of aliphatic hydroxyl groups excluding tert-OH is 1. The minimum Gasteiger partial charge on any atom is -0.497 e. The van der Waals surface area contributed by atoms with Crippen molar-refractivity contribution in [2.24, 2.45) is 0 Å². The first-order valence-electron chi connectivity index (χ1n) is 10.4. The normalized spacial score (nSPS) is 18.3. The molecule has 0 bridgehead atoms. The van der Waals surface area contributed by atoms with Crippen molar-refractivity contribution in [1.82, 2.24) is 19.6 Å². The molecule has 1 fully saturated rings. The summed E-state index contributed by atoms with van der Waals surface area (Å²) in [6.45, 7) is 11.3. The second kappa shape index (κ2) is 9.69.